The molecule has 1 aliphatic carbocycles. The molecule has 0 saturated heterocycles. The van der Waals surface area contributed by atoms with Gasteiger partial charge in [-0.15, -0.1) is 0 Å². The fourth-order valence-corrected chi connectivity index (χ4v) is 3.55. The minimum Gasteiger partial charge on any atom is -0.370 e. The molecule has 23 heavy (non-hydrogen) atoms. The van der Waals surface area contributed by atoms with Crippen molar-refractivity contribution in [3.8, 4) is 0 Å². The van der Waals surface area contributed by atoms with Crippen LogP contribution >= 0.6 is 12.2 Å². The summed E-state index contributed by atoms with van der Waals surface area (Å²) in [6, 6.07) is 7.68. The Hall–Kier alpha value is -1.46. The van der Waals surface area contributed by atoms with E-state index in [9.17, 15) is 4.79 Å². The molecule has 0 atom stereocenters. The molecule has 1 aliphatic rings. The van der Waals surface area contributed by atoms with Crippen LogP contribution in [0.3, 0.4) is 0 Å². The number of amides is 1. The number of quaternary nitrogens is 1. The first-order valence-electron chi connectivity index (χ1n) is 8.39. The van der Waals surface area contributed by atoms with Crippen LogP contribution in [0.5, 0.6) is 0 Å². The maximum absolute atomic E-state index is 11.1. The van der Waals surface area contributed by atoms with Gasteiger partial charge in [0.25, 0.3) is 0 Å². The van der Waals surface area contributed by atoms with E-state index in [2.05, 4.69) is 24.7 Å². The molecule has 4 nitrogen and oxygen atoms in total. The Balaban J connectivity index is 1.96. The van der Waals surface area contributed by atoms with Crippen LogP contribution in [0, 0.1) is 0 Å². The van der Waals surface area contributed by atoms with Gasteiger partial charge in [0.2, 0.25) is 5.91 Å². The van der Waals surface area contributed by atoms with E-state index in [0.717, 1.165) is 22.8 Å². The number of nitrogens with one attached hydrogen (secondary N) is 3. The van der Waals surface area contributed by atoms with Crippen molar-refractivity contribution in [3.05, 3.63) is 29.8 Å². The van der Waals surface area contributed by atoms with Crippen LogP contribution in [-0.2, 0) is 4.79 Å². The maximum Gasteiger partial charge on any atom is 0.221 e. The summed E-state index contributed by atoms with van der Waals surface area (Å²) < 4.78 is 0. The molecule has 1 saturated carbocycles. The highest BCUT2D eigenvalue weighted by Crippen LogP contribution is 2.25. The van der Waals surface area contributed by atoms with E-state index in [1.807, 2.05) is 24.3 Å². The van der Waals surface area contributed by atoms with E-state index in [-0.39, 0.29) is 5.91 Å². The number of hydrogen-bond acceptors (Lipinski definition) is 2. The Morgan fingerprint density at radius 3 is 2.30 bits per heavy atom. The lowest BCUT2D eigenvalue weighted by Gasteiger charge is -2.40. The van der Waals surface area contributed by atoms with E-state index in [0.29, 0.717) is 5.54 Å². The van der Waals surface area contributed by atoms with E-state index in [4.69, 9.17) is 12.2 Å². The van der Waals surface area contributed by atoms with Crippen LogP contribution in [0.2, 0.25) is 0 Å². The molecule has 1 aromatic carbocycles. The number of carbonyl (C=O) groups is 1. The second kappa shape index (κ2) is 7.88. The highest BCUT2D eigenvalue weighted by molar-refractivity contribution is 7.80. The molecule has 0 unspecified atom stereocenters. The SMILES string of the molecule is CC(=O)Nc1ccc(C(=S)NCC2([NH+](C)C)CCCCC2)cc1. The minimum absolute atomic E-state index is 0.0633. The second-order valence-corrected chi connectivity index (χ2v) is 7.19. The van der Waals surface area contributed by atoms with E-state index < -0.39 is 0 Å². The molecule has 0 aromatic heterocycles. The van der Waals surface area contributed by atoms with Gasteiger partial charge in [-0.05, 0) is 37.1 Å². The Labute approximate surface area is 144 Å². The predicted octanol–water partition coefficient (Wildman–Crippen LogP) is 1.76. The van der Waals surface area contributed by atoms with Crippen LogP contribution in [0.4, 0.5) is 5.69 Å². The molecule has 1 aromatic rings. The van der Waals surface area contributed by atoms with E-state index >= 15 is 0 Å². The maximum atomic E-state index is 11.1. The van der Waals surface area contributed by atoms with Crippen LogP contribution in [-0.4, -0.2) is 37.1 Å². The van der Waals surface area contributed by atoms with Gasteiger partial charge in [0.1, 0.15) is 10.5 Å². The van der Waals surface area contributed by atoms with Crippen LogP contribution < -0.4 is 15.5 Å². The molecule has 5 heteroatoms. The molecule has 126 valence electrons. The Kier molecular flexibility index (Phi) is 6.13. The van der Waals surface area contributed by atoms with Gasteiger partial charge in [0.05, 0.1) is 20.6 Å². The van der Waals surface area contributed by atoms with Crippen molar-refractivity contribution in [2.75, 3.05) is 26.0 Å². The third kappa shape index (κ3) is 4.75. The summed E-state index contributed by atoms with van der Waals surface area (Å²) >= 11 is 5.55. The van der Waals surface area contributed by atoms with Crippen molar-refractivity contribution in [2.45, 2.75) is 44.6 Å². The van der Waals surface area contributed by atoms with Gasteiger partial charge in [-0.1, -0.05) is 18.6 Å². The number of benzene rings is 1. The van der Waals surface area contributed by atoms with Gasteiger partial charge < -0.3 is 15.5 Å². The summed E-state index contributed by atoms with van der Waals surface area (Å²) in [7, 11) is 4.50. The lowest BCUT2D eigenvalue weighted by atomic mass is 9.80. The van der Waals surface area contributed by atoms with Crippen molar-refractivity contribution >= 4 is 28.8 Å². The largest absolute Gasteiger partial charge is 0.370 e. The third-order valence-corrected chi connectivity index (χ3v) is 5.31. The molecule has 1 fully saturated rings. The quantitative estimate of drug-likeness (QED) is 0.719. The van der Waals surface area contributed by atoms with Crippen LogP contribution in [0.15, 0.2) is 24.3 Å². The van der Waals surface area contributed by atoms with Gasteiger partial charge in [0, 0.05) is 31.0 Å². The molecule has 0 heterocycles. The smallest absolute Gasteiger partial charge is 0.221 e. The molecular formula is C18H28N3OS+. The summed E-state index contributed by atoms with van der Waals surface area (Å²) in [5, 5.41) is 6.24. The molecule has 0 radical (unpaired) electrons. The Bertz CT molecular complexity index is 548. The van der Waals surface area contributed by atoms with E-state index in [1.165, 1.54) is 43.9 Å². The van der Waals surface area contributed by atoms with Gasteiger partial charge >= 0.3 is 0 Å². The van der Waals surface area contributed by atoms with Crippen molar-refractivity contribution in [2.24, 2.45) is 0 Å². The number of hydrogen-bond donors (Lipinski definition) is 3. The lowest BCUT2D eigenvalue weighted by molar-refractivity contribution is -0.916. The average Bonchev–Trinajstić information content (AvgIpc) is 2.53. The average molecular weight is 335 g/mol. The molecule has 0 spiro atoms. The fraction of sp³-hybridized carbons (Fsp3) is 0.556. The summed E-state index contributed by atoms with van der Waals surface area (Å²) in [4.78, 5) is 13.3. The molecule has 0 aliphatic heterocycles. The fourth-order valence-electron chi connectivity index (χ4n) is 3.34. The number of likely N-dealkylation sites (N-methyl/N-ethyl adjacent to an activating group) is 1. The highest BCUT2D eigenvalue weighted by Gasteiger charge is 2.37. The van der Waals surface area contributed by atoms with Gasteiger partial charge in [-0.3, -0.25) is 4.79 Å². The molecule has 3 N–H and O–H groups in total. The summed E-state index contributed by atoms with van der Waals surface area (Å²) in [6.45, 7) is 2.43. The van der Waals surface area contributed by atoms with Gasteiger partial charge in [-0.25, -0.2) is 0 Å². The normalized spacial score (nSPS) is 16.9. The first-order chi connectivity index (χ1) is 10.9. The van der Waals surface area contributed by atoms with E-state index in [1.54, 1.807) is 0 Å². The summed E-state index contributed by atoms with van der Waals surface area (Å²) in [5.74, 6) is -0.0633. The molecular weight excluding hydrogens is 306 g/mol. The highest BCUT2D eigenvalue weighted by atomic mass is 32.1. The van der Waals surface area contributed by atoms with Crippen molar-refractivity contribution in [1.82, 2.24) is 5.32 Å². The Morgan fingerprint density at radius 2 is 1.78 bits per heavy atom. The van der Waals surface area contributed by atoms with Crippen molar-refractivity contribution in [3.63, 3.8) is 0 Å². The zero-order valence-electron chi connectivity index (χ0n) is 14.4. The molecule has 0 bridgehead atoms. The monoisotopic (exact) mass is 334 g/mol. The second-order valence-electron chi connectivity index (χ2n) is 6.78. The van der Waals surface area contributed by atoms with Gasteiger partial charge in [0.15, 0.2) is 0 Å². The standard InChI is InChI=1S/C18H27N3OS/c1-14(22)20-16-9-7-15(8-10-16)17(23)19-13-18(21(2)3)11-5-4-6-12-18/h7-10H,4-6,11-13H2,1-3H3,(H,19,23)(H,20,22)/p+1. The van der Waals surface area contributed by atoms with Crippen molar-refractivity contribution < 1.29 is 9.69 Å². The summed E-state index contributed by atoms with van der Waals surface area (Å²) in [5.41, 5.74) is 2.08. The zero-order chi connectivity index (χ0) is 16.9. The molecule has 1 amide bonds. The minimum atomic E-state index is -0.0633. The topological polar surface area (TPSA) is 45.6 Å². The zero-order valence-corrected chi connectivity index (χ0v) is 15.2. The predicted molar refractivity (Wildman–Crippen MR) is 99.1 cm³/mol. The first-order valence-corrected chi connectivity index (χ1v) is 8.80. The number of rotatable bonds is 5. The van der Waals surface area contributed by atoms with Crippen molar-refractivity contribution in [1.29, 1.82) is 0 Å². The lowest BCUT2D eigenvalue weighted by Crippen LogP contribution is -3.16. The molecule has 2 rings (SSSR count). The third-order valence-electron chi connectivity index (χ3n) is 4.93. The van der Waals surface area contributed by atoms with Crippen LogP contribution in [0.1, 0.15) is 44.6 Å². The van der Waals surface area contributed by atoms with Gasteiger partial charge in [-0.2, -0.15) is 0 Å². The summed E-state index contributed by atoms with van der Waals surface area (Å²) in [6.07, 6.45) is 6.49. The first kappa shape index (κ1) is 17.9. The number of thiocarbonyl (C=S) groups is 1. The Morgan fingerprint density at radius 1 is 1.17 bits per heavy atom. The van der Waals surface area contributed by atoms with Crippen LogP contribution in [0.25, 0.3) is 0 Å². The number of anilines is 1. The number of carbonyl (C=O) groups excluding carboxylic acids is 1.